The van der Waals surface area contributed by atoms with Crippen molar-refractivity contribution < 1.29 is 24.8 Å². The highest BCUT2D eigenvalue weighted by Gasteiger charge is 2.44. The number of anilines is 1. The van der Waals surface area contributed by atoms with Gasteiger partial charge in [-0.05, 0) is 24.3 Å². The summed E-state index contributed by atoms with van der Waals surface area (Å²) in [5.41, 5.74) is 7.46. The molecule has 5 N–H and O–H groups in total. The highest BCUT2D eigenvalue weighted by Crippen LogP contribution is 2.32. The predicted octanol–water partition coefficient (Wildman–Crippen LogP) is -0.304. The number of aliphatic hydroxyl groups is 3. The molecule has 0 spiro atoms. The van der Waals surface area contributed by atoms with Gasteiger partial charge >= 0.3 is 0 Å². The van der Waals surface area contributed by atoms with E-state index in [2.05, 4.69) is 15.0 Å². The first kappa shape index (κ1) is 17.6. The quantitative estimate of drug-likeness (QED) is 0.483. The molecule has 3 aromatic rings. The molecule has 0 amide bonds. The molecular formula is C17H19N5O5. The van der Waals surface area contributed by atoms with Crippen molar-refractivity contribution in [2.75, 3.05) is 19.5 Å². The predicted molar refractivity (Wildman–Crippen MR) is 94.7 cm³/mol. The van der Waals surface area contributed by atoms with Crippen molar-refractivity contribution in [3.05, 3.63) is 30.6 Å². The van der Waals surface area contributed by atoms with Crippen LogP contribution < -0.4 is 10.5 Å². The summed E-state index contributed by atoms with van der Waals surface area (Å²) in [6.07, 6.45) is -2.92. The molecule has 4 rings (SSSR count). The van der Waals surface area contributed by atoms with Gasteiger partial charge in [0.2, 0.25) is 0 Å². The number of methoxy groups -OCH3 is 1. The third kappa shape index (κ3) is 2.88. The lowest BCUT2D eigenvalue weighted by molar-refractivity contribution is -0.0511. The fourth-order valence-corrected chi connectivity index (χ4v) is 3.10. The van der Waals surface area contributed by atoms with Crippen molar-refractivity contribution in [1.29, 1.82) is 0 Å². The van der Waals surface area contributed by atoms with Crippen LogP contribution >= 0.6 is 0 Å². The van der Waals surface area contributed by atoms with Gasteiger partial charge in [-0.2, -0.15) is 0 Å². The van der Waals surface area contributed by atoms with E-state index in [1.165, 1.54) is 10.9 Å². The lowest BCUT2D eigenvalue weighted by atomic mass is 10.1. The molecule has 0 saturated carbocycles. The lowest BCUT2D eigenvalue weighted by Gasteiger charge is -2.16. The molecule has 0 bridgehead atoms. The van der Waals surface area contributed by atoms with Crippen molar-refractivity contribution >= 4 is 17.0 Å². The van der Waals surface area contributed by atoms with Crippen LogP contribution in [-0.2, 0) is 4.74 Å². The Morgan fingerprint density at radius 3 is 2.56 bits per heavy atom. The van der Waals surface area contributed by atoms with Crippen molar-refractivity contribution in [3.8, 4) is 17.1 Å². The van der Waals surface area contributed by atoms with E-state index >= 15 is 0 Å². The topological polar surface area (TPSA) is 149 Å². The molecule has 1 aliphatic rings. The molecule has 1 fully saturated rings. The normalized spacial score (nSPS) is 25.2. The van der Waals surface area contributed by atoms with Gasteiger partial charge in [0.05, 0.1) is 20.0 Å². The number of nitrogens with zero attached hydrogens (tertiary/aromatic N) is 4. The molecule has 1 saturated heterocycles. The van der Waals surface area contributed by atoms with Crippen LogP contribution in [0.2, 0.25) is 0 Å². The number of hydrogen-bond donors (Lipinski definition) is 4. The van der Waals surface area contributed by atoms with Gasteiger partial charge in [-0.15, -0.1) is 0 Å². The summed E-state index contributed by atoms with van der Waals surface area (Å²) < 4.78 is 12.2. The molecule has 0 aliphatic carbocycles. The van der Waals surface area contributed by atoms with Gasteiger partial charge in [0.1, 0.15) is 29.6 Å². The Labute approximate surface area is 153 Å². The van der Waals surface area contributed by atoms with Gasteiger partial charge < -0.3 is 30.5 Å². The summed E-state index contributed by atoms with van der Waals surface area (Å²) in [5, 5.41) is 29.6. The number of hydrogen-bond acceptors (Lipinski definition) is 9. The number of ether oxygens (including phenoxy) is 2. The number of benzene rings is 1. The van der Waals surface area contributed by atoms with Gasteiger partial charge in [-0.1, -0.05) is 0 Å². The van der Waals surface area contributed by atoms with Crippen molar-refractivity contribution in [2.45, 2.75) is 24.5 Å². The monoisotopic (exact) mass is 373 g/mol. The minimum Gasteiger partial charge on any atom is -0.497 e. The van der Waals surface area contributed by atoms with Gasteiger partial charge in [0, 0.05) is 5.56 Å². The van der Waals surface area contributed by atoms with Crippen molar-refractivity contribution in [1.82, 2.24) is 19.5 Å². The van der Waals surface area contributed by atoms with Crippen molar-refractivity contribution in [2.24, 2.45) is 0 Å². The maximum Gasteiger partial charge on any atom is 0.168 e. The molecule has 27 heavy (non-hydrogen) atoms. The van der Waals surface area contributed by atoms with Crippen LogP contribution in [0.25, 0.3) is 22.6 Å². The second-order valence-electron chi connectivity index (χ2n) is 6.21. The zero-order valence-corrected chi connectivity index (χ0v) is 14.4. The Morgan fingerprint density at radius 1 is 1.19 bits per heavy atom. The van der Waals surface area contributed by atoms with E-state index in [9.17, 15) is 15.3 Å². The summed E-state index contributed by atoms with van der Waals surface area (Å²) in [6.45, 7) is -0.421. The van der Waals surface area contributed by atoms with Crippen LogP contribution in [0.15, 0.2) is 30.6 Å². The SMILES string of the molecule is COc1ccc(-c2nc(N)c3ncn([C@@H]4O[C@@H](CO)[C@@H](O)[C@@H]4O)c3n2)cc1. The van der Waals surface area contributed by atoms with Crippen LogP contribution in [0, 0.1) is 0 Å². The molecular weight excluding hydrogens is 354 g/mol. The number of aromatic nitrogens is 4. The Bertz CT molecular complexity index is 960. The first-order chi connectivity index (χ1) is 13.0. The van der Waals surface area contributed by atoms with Gasteiger partial charge in [-0.25, -0.2) is 15.0 Å². The van der Waals surface area contributed by atoms with E-state index < -0.39 is 31.1 Å². The van der Waals surface area contributed by atoms with Crippen LogP contribution in [0.4, 0.5) is 5.82 Å². The van der Waals surface area contributed by atoms with E-state index in [4.69, 9.17) is 15.2 Å². The first-order valence-electron chi connectivity index (χ1n) is 8.30. The Kier molecular flexibility index (Phi) is 4.40. The van der Waals surface area contributed by atoms with E-state index in [0.29, 0.717) is 22.7 Å². The number of imidazole rings is 1. The fraction of sp³-hybridized carbons (Fsp3) is 0.353. The highest BCUT2D eigenvalue weighted by atomic mass is 16.6. The van der Waals surface area contributed by atoms with E-state index in [0.717, 1.165) is 5.56 Å². The molecule has 3 heterocycles. The highest BCUT2D eigenvalue weighted by molar-refractivity contribution is 5.83. The van der Waals surface area contributed by atoms with E-state index in [1.54, 1.807) is 31.4 Å². The molecule has 0 radical (unpaired) electrons. The number of aliphatic hydroxyl groups excluding tert-OH is 3. The fourth-order valence-electron chi connectivity index (χ4n) is 3.10. The molecule has 2 aromatic heterocycles. The second kappa shape index (κ2) is 6.74. The molecule has 142 valence electrons. The minimum atomic E-state index is -1.25. The van der Waals surface area contributed by atoms with E-state index in [-0.39, 0.29) is 5.82 Å². The van der Waals surface area contributed by atoms with Gasteiger partial charge in [-0.3, -0.25) is 4.57 Å². The maximum absolute atomic E-state index is 10.3. The maximum atomic E-state index is 10.3. The first-order valence-corrected chi connectivity index (χ1v) is 8.30. The number of nitrogen functional groups attached to an aromatic ring is 1. The smallest absolute Gasteiger partial charge is 0.168 e. The molecule has 0 unspecified atom stereocenters. The standard InChI is InChI=1S/C17H19N5O5/c1-26-9-4-2-8(3-5-9)15-20-14(18)11-16(21-15)22(7-19-11)17-13(25)12(24)10(6-23)27-17/h2-5,7,10,12-13,17,23-25H,6H2,1H3,(H2,18,20,21)/t10-,12+,13-,17+/m0/s1. The number of fused-ring (bicyclic) bond motifs is 1. The number of rotatable bonds is 4. The van der Waals surface area contributed by atoms with Crippen LogP contribution in [0.1, 0.15) is 6.23 Å². The summed E-state index contributed by atoms with van der Waals surface area (Å²) in [7, 11) is 1.58. The summed E-state index contributed by atoms with van der Waals surface area (Å²) in [5.74, 6) is 1.25. The Balaban J connectivity index is 1.78. The third-order valence-electron chi connectivity index (χ3n) is 4.59. The summed E-state index contributed by atoms with van der Waals surface area (Å²) >= 11 is 0. The average Bonchev–Trinajstić information content (AvgIpc) is 3.23. The van der Waals surface area contributed by atoms with Gasteiger partial charge in [0.15, 0.2) is 23.5 Å². The molecule has 10 heteroatoms. The molecule has 1 aliphatic heterocycles. The second-order valence-corrected chi connectivity index (χ2v) is 6.21. The zero-order valence-electron chi connectivity index (χ0n) is 14.4. The minimum absolute atomic E-state index is 0.177. The summed E-state index contributed by atoms with van der Waals surface area (Å²) in [4.78, 5) is 13.0. The third-order valence-corrected chi connectivity index (χ3v) is 4.59. The molecule has 1 aromatic carbocycles. The zero-order chi connectivity index (χ0) is 19.1. The Morgan fingerprint density at radius 2 is 1.93 bits per heavy atom. The van der Waals surface area contributed by atoms with Crippen LogP contribution in [0.3, 0.4) is 0 Å². The average molecular weight is 373 g/mol. The Hall–Kier alpha value is -2.79. The molecule has 4 atom stereocenters. The van der Waals surface area contributed by atoms with Gasteiger partial charge in [0.25, 0.3) is 0 Å². The number of nitrogens with two attached hydrogens (primary N) is 1. The van der Waals surface area contributed by atoms with Crippen LogP contribution in [-0.4, -0.2) is 66.9 Å². The molecule has 10 nitrogen and oxygen atoms in total. The van der Waals surface area contributed by atoms with E-state index in [1.807, 2.05) is 0 Å². The van der Waals surface area contributed by atoms with Crippen LogP contribution in [0.5, 0.6) is 5.75 Å². The van der Waals surface area contributed by atoms with Crippen molar-refractivity contribution in [3.63, 3.8) is 0 Å². The summed E-state index contributed by atoms with van der Waals surface area (Å²) in [6, 6.07) is 7.16. The largest absolute Gasteiger partial charge is 0.497 e. The lowest BCUT2D eigenvalue weighted by Crippen LogP contribution is -2.33.